The van der Waals surface area contributed by atoms with Crippen LogP contribution in [0.1, 0.15) is 55.1 Å². The van der Waals surface area contributed by atoms with Crippen molar-refractivity contribution < 1.29 is 9.21 Å². The molecule has 4 rings (SSSR count). The van der Waals surface area contributed by atoms with Crippen LogP contribution in [0.15, 0.2) is 32.5 Å². The van der Waals surface area contributed by atoms with Crippen LogP contribution in [0.4, 0.5) is 5.82 Å². The second-order valence-corrected chi connectivity index (χ2v) is 9.88. The molecular weight excluding hydrogens is 456 g/mol. The largest absolute Gasteiger partial charge is 0.467 e. The lowest BCUT2D eigenvalue weighted by Crippen LogP contribution is -2.33. The third-order valence-electron chi connectivity index (χ3n) is 6.03. The maximum absolute atomic E-state index is 13.2. The fraction of sp³-hybridized carbons (Fsp3) is 0.417. The van der Waals surface area contributed by atoms with E-state index in [9.17, 15) is 14.9 Å². The normalized spacial score (nSPS) is 17.4. The van der Waals surface area contributed by atoms with Crippen LogP contribution in [0.2, 0.25) is 0 Å². The second kappa shape index (κ2) is 9.98. The Morgan fingerprint density at radius 1 is 1.30 bits per heavy atom. The molecule has 2 fully saturated rings. The van der Waals surface area contributed by atoms with E-state index >= 15 is 0 Å². The number of thioether (sulfide) groups is 1. The molecule has 33 heavy (non-hydrogen) atoms. The Balaban J connectivity index is 1.83. The average molecular weight is 483 g/mol. The molecule has 0 bridgehead atoms. The van der Waals surface area contributed by atoms with E-state index in [1.165, 1.54) is 16.7 Å². The summed E-state index contributed by atoms with van der Waals surface area (Å²) in [5, 5.41) is 9.76. The van der Waals surface area contributed by atoms with Crippen LogP contribution < -0.4 is 10.5 Å². The number of carbonyl (C=O) groups excluding carboxylic acids is 1. The molecule has 0 N–H and O–H groups in total. The molecule has 4 heterocycles. The first kappa shape index (κ1) is 23.3. The van der Waals surface area contributed by atoms with Crippen LogP contribution in [0.3, 0.4) is 0 Å². The number of carbonyl (C=O) groups is 1. The number of thiocarbonyl (C=S) groups is 1. The van der Waals surface area contributed by atoms with Crippen molar-refractivity contribution in [3.63, 3.8) is 0 Å². The molecular formula is C24H26N4O3S2. The van der Waals surface area contributed by atoms with Gasteiger partial charge in [0.2, 0.25) is 0 Å². The fourth-order valence-corrected chi connectivity index (χ4v) is 5.50. The zero-order chi connectivity index (χ0) is 23.5. The van der Waals surface area contributed by atoms with E-state index in [0.717, 1.165) is 50.2 Å². The van der Waals surface area contributed by atoms with Gasteiger partial charge >= 0.3 is 0 Å². The summed E-state index contributed by atoms with van der Waals surface area (Å²) in [6.45, 7) is 6.36. The lowest BCUT2D eigenvalue weighted by molar-refractivity contribution is -0.122. The van der Waals surface area contributed by atoms with Gasteiger partial charge in [-0.15, -0.1) is 0 Å². The van der Waals surface area contributed by atoms with Crippen molar-refractivity contribution in [2.75, 3.05) is 18.0 Å². The summed E-state index contributed by atoms with van der Waals surface area (Å²) in [5.41, 5.74) is 1.23. The first-order valence-corrected chi connectivity index (χ1v) is 12.4. The Labute approximate surface area is 202 Å². The second-order valence-electron chi connectivity index (χ2n) is 8.20. The quantitative estimate of drug-likeness (QED) is 0.427. The maximum atomic E-state index is 13.2. The van der Waals surface area contributed by atoms with Gasteiger partial charge in [0.15, 0.2) is 0 Å². The van der Waals surface area contributed by atoms with Crippen molar-refractivity contribution in [3.8, 4) is 6.07 Å². The number of pyridine rings is 1. The molecule has 2 aromatic heterocycles. The predicted molar refractivity (Wildman–Crippen MR) is 134 cm³/mol. The van der Waals surface area contributed by atoms with Gasteiger partial charge < -0.3 is 9.32 Å². The number of unbranched alkanes of at least 4 members (excludes halogenated alkanes) is 1. The molecule has 0 unspecified atom stereocenters. The minimum absolute atomic E-state index is 0.131. The minimum atomic E-state index is -0.257. The van der Waals surface area contributed by atoms with Crippen LogP contribution in [-0.2, 0) is 17.9 Å². The Morgan fingerprint density at radius 3 is 2.70 bits per heavy atom. The van der Waals surface area contributed by atoms with Gasteiger partial charge in [0.1, 0.15) is 27.5 Å². The molecule has 7 nitrogen and oxygen atoms in total. The van der Waals surface area contributed by atoms with Gasteiger partial charge in [-0.2, -0.15) is 5.26 Å². The molecule has 2 aromatic rings. The SMILES string of the molecule is CCCCn1c(N2CCCC2)c(/C=C2\SC(=S)N(Cc3ccco3)C2=O)c(C)c(C#N)c1=O. The van der Waals surface area contributed by atoms with Crippen molar-refractivity contribution in [2.24, 2.45) is 0 Å². The van der Waals surface area contributed by atoms with E-state index in [4.69, 9.17) is 16.6 Å². The van der Waals surface area contributed by atoms with Gasteiger partial charge in [-0.25, -0.2) is 0 Å². The van der Waals surface area contributed by atoms with E-state index < -0.39 is 0 Å². The zero-order valence-electron chi connectivity index (χ0n) is 18.8. The molecule has 2 aliphatic rings. The number of aromatic nitrogens is 1. The molecule has 0 spiro atoms. The Morgan fingerprint density at radius 2 is 2.06 bits per heavy atom. The molecule has 0 radical (unpaired) electrons. The van der Waals surface area contributed by atoms with Crippen molar-refractivity contribution in [1.29, 1.82) is 5.26 Å². The number of furan rings is 1. The van der Waals surface area contributed by atoms with Crippen LogP contribution in [-0.4, -0.2) is 32.8 Å². The topological polar surface area (TPSA) is 82.5 Å². The fourth-order valence-electron chi connectivity index (χ4n) is 4.26. The van der Waals surface area contributed by atoms with E-state index in [0.29, 0.717) is 27.1 Å². The molecule has 0 aliphatic carbocycles. The summed E-state index contributed by atoms with van der Waals surface area (Å²) < 4.78 is 7.58. The monoisotopic (exact) mass is 482 g/mol. The molecule has 2 aliphatic heterocycles. The van der Waals surface area contributed by atoms with E-state index in [1.807, 2.05) is 6.08 Å². The van der Waals surface area contributed by atoms with Crippen LogP contribution >= 0.6 is 24.0 Å². The van der Waals surface area contributed by atoms with Crippen molar-refractivity contribution in [1.82, 2.24) is 9.47 Å². The molecule has 172 valence electrons. The summed E-state index contributed by atoms with van der Waals surface area (Å²) in [4.78, 5) is 30.7. The Hall–Kier alpha value is -2.83. The molecule has 0 saturated carbocycles. The van der Waals surface area contributed by atoms with Crippen LogP contribution in [0.5, 0.6) is 0 Å². The summed E-state index contributed by atoms with van der Waals surface area (Å²) in [5.74, 6) is 1.26. The third-order valence-corrected chi connectivity index (χ3v) is 7.41. The average Bonchev–Trinajstić information content (AvgIpc) is 3.55. The molecule has 1 amide bonds. The molecule has 0 aromatic carbocycles. The summed E-state index contributed by atoms with van der Waals surface area (Å²) in [7, 11) is 0. The lowest BCUT2D eigenvalue weighted by Gasteiger charge is -2.27. The van der Waals surface area contributed by atoms with E-state index in [2.05, 4.69) is 17.9 Å². The van der Waals surface area contributed by atoms with Crippen LogP contribution in [0.25, 0.3) is 6.08 Å². The van der Waals surface area contributed by atoms with Crippen molar-refractivity contribution in [3.05, 3.63) is 56.1 Å². The highest BCUT2D eigenvalue weighted by Gasteiger charge is 2.34. The van der Waals surface area contributed by atoms with E-state index in [-0.39, 0.29) is 23.6 Å². The number of amides is 1. The lowest BCUT2D eigenvalue weighted by atomic mass is 10.0. The van der Waals surface area contributed by atoms with Gasteiger partial charge in [0.25, 0.3) is 11.5 Å². The highest BCUT2D eigenvalue weighted by molar-refractivity contribution is 8.26. The van der Waals surface area contributed by atoms with Gasteiger partial charge in [-0.3, -0.25) is 19.1 Å². The maximum Gasteiger partial charge on any atom is 0.270 e. The number of hydrogen-bond donors (Lipinski definition) is 0. The standard InChI is InChI=1S/C24H26N4O3S2/c1-3-4-11-27-21(26-9-5-6-10-26)18(16(2)19(14-25)22(27)29)13-20-23(30)28(24(32)33-20)15-17-8-7-12-31-17/h7-8,12-13H,3-6,9-11,15H2,1-2H3/b20-13-. The highest BCUT2D eigenvalue weighted by atomic mass is 32.2. The molecule has 2 saturated heterocycles. The van der Waals surface area contributed by atoms with E-state index in [1.54, 1.807) is 29.9 Å². The summed E-state index contributed by atoms with van der Waals surface area (Å²) in [6, 6.07) is 5.68. The number of rotatable bonds is 7. The van der Waals surface area contributed by atoms with Crippen molar-refractivity contribution >= 4 is 46.1 Å². The number of hydrogen-bond acceptors (Lipinski definition) is 7. The van der Waals surface area contributed by atoms with Gasteiger partial charge in [0, 0.05) is 25.2 Å². The number of nitrogens with zero attached hydrogens (tertiary/aromatic N) is 4. The number of anilines is 1. The Bertz CT molecular complexity index is 1200. The van der Waals surface area contributed by atoms with Gasteiger partial charge in [0.05, 0.1) is 17.7 Å². The minimum Gasteiger partial charge on any atom is -0.467 e. The summed E-state index contributed by atoms with van der Waals surface area (Å²) >= 11 is 6.72. The third kappa shape index (κ3) is 4.50. The highest BCUT2D eigenvalue weighted by Crippen LogP contribution is 2.37. The predicted octanol–water partition coefficient (Wildman–Crippen LogP) is 4.42. The smallest absolute Gasteiger partial charge is 0.270 e. The molecule has 0 atom stereocenters. The van der Waals surface area contributed by atoms with Gasteiger partial charge in [-0.05, 0) is 50.0 Å². The first-order valence-electron chi connectivity index (χ1n) is 11.2. The summed E-state index contributed by atoms with van der Waals surface area (Å²) in [6.07, 6.45) is 7.24. The van der Waals surface area contributed by atoms with Crippen LogP contribution in [0, 0.1) is 18.3 Å². The Kier molecular flexibility index (Phi) is 7.05. The number of nitriles is 1. The zero-order valence-corrected chi connectivity index (χ0v) is 20.4. The van der Waals surface area contributed by atoms with Gasteiger partial charge in [-0.1, -0.05) is 37.3 Å². The van der Waals surface area contributed by atoms with Crippen molar-refractivity contribution in [2.45, 2.75) is 52.6 Å². The molecule has 9 heteroatoms. The first-order chi connectivity index (χ1) is 16.0.